The summed E-state index contributed by atoms with van der Waals surface area (Å²) in [6.07, 6.45) is 28.2. The summed E-state index contributed by atoms with van der Waals surface area (Å²) in [6.45, 7) is 3.86. The Bertz CT molecular complexity index is 541. The highest BCUT2D eigenvalue weighted by molar-refractivity contribution is 5.70. The number of rotatable bonds is 25. The van der Waals surface area contributed by atoms with Gasteiger partial charge in [0.15, 0.2) is 6.10 Å². The highest BCUT2D eigenvalue weighted by Gasteiger charge is 2.16. The fraction of sp³-hybridized carbons (Fsp3) is 0.800. The number of unbranched alkanes of at least 4 members (excludes halogenated alkanes) is 14. The average Bonchev–Trinajstić information content (AvgIpc) is 2.86. The Balaban J connectivity index is 3.62. The van der Waals surface area contributed by atoms with E-state index in [0.717, 1.165) is 51.4 Å². The minimum atomic E-state index is -0.771. The highest BCUT2D eigenvalue weighted by atomic mass is 16.6. The molecule has 0 saturated heterocycles. The van der Waals surface area contributed by atoms with E-state index >= 15 is 0 Å². The Hall–Kier alpha value is -1.62. The van der Waals surface area contributed by atoms with E-state index in [1.165, 1.54) is 57.8 Å². The van der Waals surface area contributed by atoms with Crippen molar-refractivity contribution in [1.29, 1.82) is 0 Å². The molecule has 0 aromatic carbocycles. The monoisotopic (exact) mass is 494 g/mol. The van der Waals surface area contributed by atoms with Gasteiger partial charge in [-0.2, -0.15) is 0 Å². The van der Waals surface area contributed by atoms with Crippen LogP contribution in [0.1, 0.15) is 136 Å². The number of allylic oxidation sites excluding steroid dienone is 4. The summed E-state index contributed by atoms with van der Waals surface area (Å²) in [5.41, 5.74) is 0. The summed E-state index contributed by atoms with van der Waals surface area (Å²) in [5, 5.41) is 9.42. The molecule has 0 aliphatic carbocycles. The van der Waals surface area contributed by atoms with Crippen molar-refractivity contribution >= 4 is 11.9 Å². The fourth-order valence-corrected chi connectivity index (χ4v) is 3.84. The average molecular weight is 495 g/mol. The van der Waals surface area contributed by atoms with Crippen LogP contribution in [0.25, 0.3) is 0 Å². The first-order chi connectivity index (χ1) is 17.1. The van der Waals surface area contributed by atoms with Gasteiger partial charge >= 0.3 is 11.9 Å². The summed E-state index contributed by atoms with van der Waals surface area (Å²) in [7, 11) is 0. The molecule has 0 radical (unpaired) electrons. The summed E-state index contributed by atoms with van der Waals surface area (Å²) >= 11 is 0. The van der Waals surface area contributed by atoms with Crippen molar-refractivity contribution in [2.75, 3.05) is 13.2 Å². The predicted octanol–water partition coefficient (Wildman–Crippen LogP) is 8.00. The molecule has 0 aliphatic rings. The zero-order chi connectivity index (χ0) is 25.8. The second-order valence-electron chi connectivity index (χ2n) is 9.48. The second-order valence-corrected chi connectivity index (χ2v) is 9.48. The molecule has 35 heavy (non-hydrogen) atoms. The van der Waals surface area contributed by atoms with Crippen molar-refractivity contribution in [3.05, 3.63) is 24.3 Å². The Kier molecular flexibility index (Phi) is 25.7. The number of aliphatic hydroxyl groups is 1. The topological polar surface area (TPSA) is 72.8 Å². The molecule has 0 fully saturated rings. The zero-order valence-electron chi connectivity index (χ0n) is 22.8. The van der Waals surface area contributed by atoms with Crippen LogP contribution in [0.5, 0.6) is 0 Å². The molecule has 204 valence electrons. The predicted molar refractivity (Wildman–Crippen MR) is 145 cm³/mol. The van der Waals surface area contributed by atoms with Gasteiger partial charge in [0.25, 0.3) is 0 Å². The maximum Gasteiger partial charge on any atom is 0.306 e. The molecule has 0 bridgehead atoms. The van der Waals surface area contributed by atoms with Crippen LogP contribution >= 0.6 is 0 Å². The van der Waals surface area contributed by atoms with E-state index < -0.39 is 6.10 Å². The number of aliphatic hydroxyl groups excluding tert-OH is 1. The van der Waals surface area contributed by atoms with E-state index in [2.05, 4.69) is 31.2 Å². The number of hydrogen-bond donors (Lipinski definition) is 1. The number of hydrogen-bond acceptors (Lipinski definition) is 5. The SMILES string of the molecule is C/C=C/CCCCCCCC(=O)O[C@@H](CO)COC(=O)CCCCCCC/C=C/CCCCCC. The van der Waals surface area contributed by atoms with Crippen molar-refractivity contribution in [2.24, 2.45) is 0 Å². The van der Waals surface area contributed by atoms with E-state index in [9.17, 15) is 14.7 Å². The minimum Gasteiger partial charge on any atom is -0.462 e. The van der Waals surface area contributed by atoms with Crippen LogP contribution in [-0.4, -0.2) is 36.4 Å². The zero-order valence-corrected chi connectivity index (χ0v) is 22.8. The van der Waals surface area contributed by atoms with Crippen molar-refractivity contribution < 1.29 is 24.2 Å². The highest BCUT2D eigenvalue weighted by Crippen LogP contribution is 2.11. The van der Waals surface area contributed by atoms with Crippen LogP contribution in [0.2, 0.25) is 0 Å². The van der Waals surface area contributed by atoms with Gasteiger partial charge in [-0.25, -0.2) is 0 Å². The smallest absolute Gasteiger partial charge is 0.306 e. The van der Waals surface area contributed by atoms with E-state index in [1.54, 1.807) is 0 Å². The molecular formula is C30H54O5. The van der Waals surface area contributed by atoms with Gasteiger partial charge in [-0.1, -0.05) is 89.0 Å². The molecule has 0 rings (SSSR count). The normalized spacial score (nSPS) is 12.4. The number of ether oxygens (including phenoxy) is 2. The standard InChI is InChI=1S/C30H54O5/c1-3-5-7-9-11-13-14-15-16-17-19-20-22-24-29(32)34-27-28(26-31)35-30(33)25-23-21-18-12-10-8-6-4-2/h4,6,13-14,28,31H,3,5,7-12,15-27H2,1-2H3/b6-4+,14-13+/t28-/m0/s1. The summed E-state index contributed by atoms with van der Waals surface area (Å²) in [6, 6.07) is 0. The van der Waals surface area contributed by atoms with Crippen LogP contribution in [0, 0.1) is 0 Å². The molecule has 0 heterocycles. The number of carbonyl (C=O) groups excluding carboxylic acids is 2. The molecule has 1 N–H and O–H groups in total. The maximum atomic E-state index is 12.0. The van der Waals surface area contributed by atoms with Crippen LogP contribution in [0.4, 0.5) is 0 Å². The summed E-state index contributed by atoms with van der Waals surface area (Å²) < 4.78 is 10.5. The molecule has 0 aliphatic heterocycles. The largest absolute Gasteiger partial charge is 0.462 e. The minimum absolute atomic E-state index is 0.0726. The van der Waals surface area contributed by atoms with Gasteiger partial charge in [-0.3, -0.25) is 9.59 Å². The maximum absolute atomic E-state index is 12.0. The Morgan fingerprint density at radius 3 is 1.71 bits per heavy atom. The summed E-state index contributed by atoms with van der Waals surface area (Å²) in [4.78, 5) is 23.9. The van der Waals surface area contributed by atoms with Gasteiger partial charge in [0.05, 0.1) is 6.61 Å². The first-order valence-electron chi connectivity index (χ1n) is 14.4. The van der Waals surface area contributed by atoms with E-state index in [1.807, 2.05) is 6.92 Å². The van der Waals surface area contributed by atoms with Crippen LogP contribution < -0.4 is 0 Å². The van der Waals surface area contributed by atoms with Crippen LogP contribution in [-0.2, 0) is 19.1 Å². The number of carbonyl (C=O) groups is 2. The number of esters is 2. The summed E-state index contributed by atoms with van der Waals surface area (Å²) in [5.74, 6) is -0.622. The van der Waals surface area contributed by atoms with E-state index in [-0.39, 0.29) is 25.2 Å². The van der Waals surface area contributed by atoms with Gasteiger partial charge in [0.2, 0.25) is 0 Å². The van der Waals surface area contributed by atoms with E-state index in [0.29, 0.717) is 12.8 Å². The first kappa shape index (κ1) is 33.4. The lowest BCUT2D eigenvalue weighted by Gasteiger charge is -2.15. The Morgan fingerprint density at radius 1 is 0.686 bits per heavy atom. The first-order valence-corrected chi connectivity index (χ1v) is 14.4. The molecule has 0 spiro atoms. The molecule has 0 amide bonds. The van der Waals surface area contributed by atoms with Crippen molar-refractivity contribution in [3.8, 4) is 0 Å². The third kappa shape index (κ3) is 25.3. The fourth-order valence-electron chi connectivity index (χ4n) is 3.84. The molecule has 1 atom stereocenters. The van der Waals surface area contributed by atoms with Gasteiger partial charge in [0.1, 0.15) is 6.61 Å². The molecule has 5 heteroatoms. The van der Waals surface area contributed by atoms with Crippen molar-refractivity contribution in [3.63, 3.8) is 0 Å². The van der Waals surface area contributed by atoms with Crippen LogP contribution in [0.15, 0.2) is 24.3 Å². The van der Waals surface area contributed by atoms with Gasteiger partial charge in [-0.15, -0.1) is 0 Å². The molecule has 0 unspecified atom stereocenters. The lowest BCUT2D eigenvalue weighted by Crippen LogP contribution is -2.28. The molecule has 0 aromatic rings. The quantitative estimate of drug-likeness (QED) is 0.0790. The van der Waals surface area contributed by atoms with Crippen LogP contribution in [0.3, 0.4) is 0 Å². The van der Waals surface area contributed by atoms with Gasteiger partial charge < -0.3 is 14.6 Å². The van der Waals surface area contributed by atoms with E-state index in [4.69, 9.17) is 9.47 Å². The molecule has 0 aromatic heterocycles. The lowest BCUT2D eigenvalue weighted by molar-refractivity contribution is -0.161. The lowest BCUT2D eigenvalue weighted by atomic mass is 10.1. The van der Waals surface area contributed by atoms with Gasteiger partial charge in [0, 0.05) is 12.8 Å². The molecular weight excluding hydrogens is 440 g/mol. The van der Waals surface area contributed by atoms with Crippen molar-refractivity contribution in [2.45, 2.75) is 142 Å². The van der Waals surface area contributed by atoms with Gasteiger partial charge in [-0.05, 0) is 58.3 Å². The third-order valence-corrected chi connectivity index (χ3v) is 6.06. The Morgan fingerprint density at radius 2 is 1.17 bits per heavy atom. The Labute approximate surface area is 215 Å². The third-order valence-electron chi connectivity index (χ3n) is 6.06. The second kappa shape index (κ2) is 27.0. The molecule has 0 saturated carbocycles. The van der Waals surface area contributed by atoms with Crippen molar-refractivity contribution in [1.82, 2.24) is 0 Å². The molecule has 5 nitrogen and oxygen atoms in total.